The molecule has 1 atom stereocenters. The van der Waals surface area contributed by atoms with Gasteiger partial charge in [-0.05, 0) is 42.8 Å². The van der Waals surface area contributed by atoms with Crippen molar-refractivity contribution in [2.24, 2.45) is 0 Å². The number of imidazole rings is 1. The molecule has 3 aromatic rings. The smallest absolute Gasteiger partial charge is 0.266 e. The minimum atomic E-state index is -0.346. The highest BCUT2D eigenvalue weighted by molar-refractivity contribution is 6.35. The van der Waals surface area contributed by atoms with E-state index in [4.69, 9.17) is 27.9 Å². The first-order chi connectivity index (χ1) is 14.9. The Morgan fingerprint density at radius 2 is 2.00 bits per heavy atom. The lowest BCUT2D eigenvalue weighted by atomic mass is 10.1. The number of benzene rings is 2. The van der Waals surface area contributed by atoms with E-state index in [1.807, 2.05) is 29.4 Å². The Morgan fingerprint density at radius 1 is 1.23 bits per heavy atom. The number of anilines is 1. The maximum atomic E-state index is 13.0. The standard InChI is InChI=1S/C23H24Cl2FN3O2/c1-2-3-12-31-22(20-9-4-17(24)13-21(20)25)14-28-10-11-29(16-28)15-23(30)27-19-7-5-18(26)6-8-19/h4-11,13,16,22H,2-3,12,14-15H2,1H3/p+1. The Balaban J connectivity index is 1.65. The summed E-state index contributed by atoms with van der Waals surface area (Å²) >= 11 is 12.4. The number of ether oxygens (including phenoxy) is 1. The molecule has 1 heterocycles. The first-order valence-corrected chi connectivity index (χ1v) is 10.9. The summed E-state index contributed by atoms with van der Waals surface area (Å²) in [6.07, 6.45) is 7.28. The average molecular weight is 465 g/mol. The van der Waals surface area contributed by atoms with E-state index in [9.17, 15) is 9.18 Å². The van der Waals surface area contributed by atoms with Crippen molar-refractivity contribution in [3.63, 3.8) is 0 Å². The molecule has 1 N–H and O–H groups in total. The Morgan fingerprint density at radius 3 is 2.71 bits per heavy atom. The fourth-order valence-corrected chi connectivity index (χ4v) is 3.63. The van der Waals surface area contributed by atoms with Gasteiger partial charge < -0.3 is 10.1 Å². The minimum Gasteiger partial charge on any atom is -0.369 e. The number of carbonyl (C=O) groups is 1. The van der Waals surface area contributed by atoms with Crippen LogP contribution < -0.4 is 9.88 Å². The van der Waals surface area contributed by atoms with Gasteiger partial charge >= 0.3 is 0 Å². The molecule has 0 radical (unpaired) electrons. The van der Waals surface area contributed by atoms with Gasteiger partial charge in [0.1, 0.15) is 30.9 Å². The lowest BCUT2D eigenvalue weighted by Gasteiger charge is -2.18. The molecule has 1 amide bonds. The topological polar surface area (TPSA) is 47.1 Å². The molecule has 1 unspecified atom stereocenters. The largest absolute Gasteiger partial charge is 0.369 e. The molecule has 5 nitrogen and oxygen atoms in total. The molecular formula is C23H25Cl2FN3O2+. The fraction of sp³-hybridized carbons (Fsp3) is 0.304. The van der Waals surface area contributed by atoms with Crippen molar-refractivity contribution in [2.75, 3.05) is 11.9 Å². The van der Waals surface area contributed by atoms with Crippen LogP contribution in [0.1, 0.15) is 31.4 Å². The van der Waals surface area contributed by atoms with E-state index in [1.54, 1.807) is 16.7 Å². The SMILES string of the molecule is CCCCOC(Cn1cc[n+](CC(=O)Nc2ccc(F)cc2)c1)c1ccc(Cl)cc1Cl. The Bertz CT molecular complexity index is 1010. The molecule has 0 aliphatic heterocycles. The number of nitrogens with one attached hydrogen (secondary N) is 1. The van der Waals surface area contributed by atoms with E-state index in [0.717, 1.165) is 18.4 Å². The summed E-state index contributed by atoms with van der Waals surface area (Å²) in [4.78, 5) is 12.3. The predicted octanol–water partition coefficient (Wildman–Crippen LogP) is 5.42. The van der Waals surface area contributed by atoms with Gasteiger partial charge in [0.05, 0.1) is 0 Å². The minimum absolute atomic E-state index is 0.132. The molecule has 0 aliphatic carbocycles. The van der Waals surface area contributed by atoms with Crippen LogP contribution in [0, 0.1) is 5.82 Å². The van der Waals surface area contributed by atoms with E-state index in [-0.39, 0.29) is 24.4 Å². The normalized spacial score (nSPS) is 12.0. The predicted molar refractivity (Wildman–Crippen MR) is 120 cm³/mol. The van der Waals surface area contributed by atoms with Crippen LogP contribution in [0.5, 0.6) is 0 Å². The van der Waals surface area contributed by atoms with Crippen LogP contribution >= 0.6 is 23.2 Å². The van der Waals surface area contributed by atoms with Gasteiger partial charge in [-0.1, -0.05) is 42.6 Å². The second-order valence-electron chi connectivity index (χ2n) is 7.22. The van der Waals surface area contributed by atoms with Gasteiger partial charge in [-0.2, -0.15) is 0 Å². The van der Waals surface area contributed by atoms with Gasteiger partial charge in [-0.15, -0.1) is 0 Å². The third-order valence-electron chi connectivity index (χ3n) is 4.70. The summed E-state index contributed by atoms with van der Waals surface area (Å²) in [7, 11) is 0. The lowest BCUT2D eigenvalue weighted by Crippen LogP contribution is -2.38. The number of halogens is 3. The number of nitrogens with zero attached hydrogens (tertiary/aromatic N) is 2. The van der Waals surface area contributed by atoms with Crippen LogP contribution in [-0.4, -0.2) is 17.1 Å². The molecule has 0 bridgehead atoms. The highest BCUT2D eigenvalue weighted by Gasteiger charge is 2.20. The summed E-state index contributed by atoms with van der Waals surface area (Å²) in [6, 6.07) is 11.1. The first-order valence-electron chi connectivity index (χ1n) is 10.1. The molecule has 164 valence electrons. The Hall–Kier alpha value is -2.41. The van der Waals surface area contributed by atoms with Crippen LogP contribution in [-0.2, 0) is 22.6 Å². The van der Waals surface area contributed by atoms with Crippen LogP contribution in [0.25, 0.3) is 0 Å². The molecule has 3 rings (SSSR count). The van der Waals surface area contributed by atoms with E-state index < -0.39 is 0 Å². The lowest BCUT2D eigenvalue weighted by molar-refractivity contribution is -0.683. The van der Waals surface area contributed by atoms with Crippen LogP contribution in [0.4, 0.5) is 10.1 Å². The second kappa shape index (κ2) is 11.3. The summed E-state index contributed by atoms with van der Waals surface area (Å²) in [5.41, 5.74) is 1.42. The molecule has 0 fully saturated rings. The van der Waals surface area contributed by atoms with Gasteiger partial charge in [0.15, 0.2) is 6.54 Å². The number of aromatic nitrogens is 2. The van der Waals surface area contributed by atoms with Gasteiger partial charge in [0.25, 0.3) is 5.91 Å². The van der Waals surface area contributed by atoms with Crippen molar-refractivity contribution in [3.8, 4) is 0 Å². The van der Waals surface area contributed by atoms with Crippen molar-refractivity contribution < 1.29 is 18.5 Å². The average Bonchev–Trinajstić information content (AvgIpc) is 3.16. The van der Waals surface area contributed by atoms with Crippen molar-refractivity contribution in [1.29, 1.82) is 0 Å². The van der Waals surface area contributed by atoms with Gasteiger partial charge in [-0.3, -0.25) is 4.79 Å². The first kappa shape index (κ1) is 23.3. The number of amides is 1. The van der Waals surface area contributed by atoms with E-state index in [0.29, 0.717) is 28.9 Å². The van der Waals surface area contributed by atoms with Gasteiger partial charge in [0.2, 0.25) is 6.33 Å². The Labute approximate surface area is 191 Å². The van der Waals surface area contributed by atoms with Crippen LogP contribution in [0.2, 0.25) is 10.0 Å². The third kappa shape index (κ3) is 7.06. The molecule has 31 heavy (non-hydrogen) atoms. The maximum absolute atomic E-state index is 13.0. The van der Waals surface area contributed by atoms with Crippen molar-refractivity contribution in [2.45, 2.75) is 39.0 Å². The number of carbonyl (C=O) groups excluding carboxylic acids is 1. The molecule has 1 aromatic heterocycles. The van der Waals surface area contributed by atoms with Gasteiger partial charge in [-0.25, -0.2) is 13.5 Å². The molecule has 0 saturated heterocycles. The monoisotopic (exact) mass is 464 g/mol. The van der Waals surface area contributed by atoms with Crippen molar-refractivity contribution >= 4 is 34.8 Å². The number of hydrogen-bond donors (Lipinski definition) is 1. The van der Waals surface area contributed by atoms with Crippen LogP contribution in [0.15, 0.2) is 61.2 Å². The highest BCUT2D eigenvalue weighted by Crippen LogP contribution is 2.29. The second-order valence-corrected chi connectivity index (χ2v) is 8.06. The number of rotatable bonds is 10. The molecule has 0 aliphatic rings. The quantitative estimate of drug-likeness (QED) is 0.321. The Kier molecular flexibility index (Phi) is 8.46. The molecule has 2 aromatic carbocycles. The zero-order valence-electron chi connectivity index (χ0n) is 17.2. The molecular weight excluding hydrogens is 440 g/mol. The van der Waals surface area contributed by atoms with E-state index in [2.05, 4.69) is 12.2 Å². The highest BCUT2D eigenvalue weighted by atomic mass is 35.5. The number of unbranched alkanes of at least 4 members (excludes halogenated alkanes) is 1. The summed E-state index contributed by atoms with van der Waals surface area (Å²) in [6.45, 7) is 3.41. The maximum Gasteiger partial charge on any atom is 0.266 e. The zero-order chi connectivity index (χ0) is 22.2. The molecule has 0 saturated carbocycles. The molecule has 0 spiro atoms. The third-order valence-corrected chi connectivity index (χ3v) is 5.27. The fourth-order valence-electron chi connectivity index (χ4n) is 3.10. The summed E-state index contributed by atoms with van der Waals surface area (Å²) in [5, 5.41) is 3.89. The van der Waals surface area contributed by atoms with Gasteiger partial charge in [0, 0.05) is 27.9 Å². The van der Waals surface area contributed by atoms with E-state index >= 15 is 0 Å². The van der Waals surface area contributed by atoms with Crippen molar-refractivity contribution in [1.82, 2.24) is 4.57 Å². The summed E-state index contributed by atoms with van der Waals surface area (Å²) < 4.78 is 22.8. The van der Waals surface area contributed by atoms with Crippen molar-refractivity contribution in [3.05, 3.63) is 82.6 Å². The number of hydrogen-bond acceptors (Lipinski definition) is 2. The summed E-state index contributed by atoms with van der Waals surface area (Å²) in [5.74, 6) is -0.549. The molecule has 8 heteroatoms. The zero-order valence-corrected chi connectivity index (χ0v) is 18.7. The van der Waals surface area contributed by atoms with E-state index in [1.165, 1.54) is 24.3 Å². The van der Waals surface area contributed by atoms with Crippen LogP contribution in [0.3, 0.4) is 0 Å².